The molecule has 128 valence electrons. The molecule has 0 saturated carbocycles. The minimum Gasteiger partial charge on any atom is -0.504 e. The standard InChI is InChI=1S/C17H27N3O3/c1-13-6-3-4-10-20(13)11-9-18-17(22)19-12-14-7-5-8-15(23-2)16(14)21/h5,7-8,13,21H,3-4,6,9-12H2,1-2H3,(H2,18,19,22). The number of para-hydroxylation sites is 1. The molecule has 23 heavy (non-hydrogen) atoms. The van der Waals surface area contributed by atoms with Crippen LogP contribution in [-0.2, 0) is 6.54 Å². The van der Waals surface area contributed by atoms with Crippen molar-refractivity contribution in [3.8, 4) is 11.5 Å². The van der Waals surface area contributed by atoms with Crippen LogP contribution in [0.2, 0.25) is 0 Å². The second-order valence-corrected chi connectivity index (χ2v) is 5.96. The summed E-state index contributed by atoms with van der Waals surface area (Å²) < 4.78 is 5.05. The molecule has 0 aromatic heterocycles. The Balaban J connectivity index is 1.71. The lowest BCUT2D eigenvalue weighted by atomic mass is 10.0. The third kappa shape index (κ3) is 5.03. The van der Waals surface area contributed by atoms with E-state index in [1.54, 1.807) is 18.2 Å². The molecule has 0 spiro atoms. The highest BCUT2D eigenvalue weighted by atomic mass is 16.5. The molecule has 1 heterocycles. The molecule has 2 rings (SSSR count). The normalized spacial score (nSPS) is 18.4. The van der Waals surface area contributed by atoms with Crippen molar-refractivity contribution >= 4 is 6.03 Å². The number of piperidine rings is 1. The number of nitrogens with one attached hydrogen (secondary N) is 2. The number of amides is 2. The highest BCUT2D eigenvalue weighted by molar-refractivity contribution is 5.73. The number of benzene rings is 1. The number of phenols is 1. The summed E-state index contributed by atoms with van der Waals surface area (Å²) in [4.78, 5) is 14.3. The van der Waals surface area contributed by atoms with Crippen LogP contribution in [0.3, 0.4) is 0 Å². The predicted molar refractivity (Wildman–Crippen MR) is 89.8 cm³/mol. The SMILES string of the molecule is COc1cccc(CNC(=O)NCCN2CCCCC2C)c1O. The number of hydrogen-bond acceptors (Lipinski definition) is 4. The Morgan fingerprint density at radius 3 is 2.96 bits per heavy atom. The smallest absolute Gasteiger partial charge is 0.315 e. The molecule has 1 aromatic carbocycles. The van der Waals surface area contributed by atoms with Gasteiger partial charge in [-0.2, -0.15) is 0 Å². The zero-order valence-corrected chi connectivity index (χ0v) is 14.0. The molecule has 6 heteroatoms. The van der Waals surface area contributed by atoms with Gasteiger partial charge < -0.3 is 20.5 Å². The number of rotatable bonds is 6. The van der Waals surface area contributed by atoms with Crippen LogP contribution in [0.1, 0.15) is 31.7 Å². The Bertz CT molecular complexity index is 522. The Labute approximate surface area is 137 Å². The summed E-state index contributed by atoms with van der Waals surface area (Å²) in [7, 11) is 1.50. The first kappa shape index (κ1) is 17.4. The van der Waals surface area contributed by atoms with Gasteiger partial charge in [0.2, 0.25) is 0 Å². The second-order valence-electron chi connectivity index (χ2n) is 5.96. The van der Waals surface area contributed by atoms with Crippen molar-refractivity contribution in [1.82, 2.24) is 15.5 Å². The highest BCUT2D eigenvalue weighted by Gasteiger charge is 2.17. The summed E-state index contributed by atoms with van der Waals surface area (Å²) in [5.74, 6) is 0.473. The number of urea groups is 1. The van der Waals surface area contributed by atoms with Gasteiger partial charge in [-0.05, 0) is 32.4 Å². The summed E-state index contributed by atoms with van der Waals surface area (Å²) in [6.07, 6.45) is 3.78. The van der Waals surface area contributed by atoms with Gasteiger partial charge in [0.15, 0.2) is 11.5 Å². The monoisotopic (exact) mass is 321 g/mol. The summed E-state index contributed by atoms with van der Waals surface area (Å²) in [5.41, 5.74) is 0.629. The number of nitrogens with zero attached hydrogens (tertiary/aromatic N) is 1. The molecule has 0 radical (unpaired) electrons. The van der Waals surface area contributed by atoms with Crippen LogP contribution in [0.25, 0.3) is 0 Å². The van der Waals surface area contributed by atoms with E-state index in [1.165, 1.54) is 26.4 Å². The molecule has 1 unspecified atom stereocenters. The lowest BCUT2D eigenvalue weighted by Crippen LogP contribution is -2.44. The zero-order valence-electron chi connectivity index (χ0n) is 14.0. The Kier molecular flexibility index (Phi) is 6.52. The van der Waals surface area contributed by atoms with Crippen molar-refractivity contribution in [3.63, 3.8) is 0 Å². The predicted octanol–water partition coefficient (Wildman–Crippen LogP) is 2.07. The van der Waals surface area contributed by atoms with Gasteiger partial charge in [0, 0.05) is 31.2 Å². The molecule has 1 aliphatic rings. The molecule has 1 aromatic rings. The summed E-state index contributed by atoms with van der Waals surface area (Å²) in [5, 5.41) is 15.6. The Morgan fingerprint density at radius 2 is 2.22 bits per heavy atom. The fourth-order valence-electron chi connectivity index (χ4n) is 2.92. The van der Waals surface area contributed by atoms with Gasteiger partial charge in [0.1, 0.15) is 0 Å². The number of carbonyl (C=O) groups is 1. The van der Waals surface area contributed by atoms with E-state index in [-0.39, 0.29) is 18.3 Å². The lowest BCUT2D eigenvalue weighted by molar-refractivity contribution is 0.161. The van der Waals surface area contributed by atoms with Gasteiger partial charge >= 0.3 is 6.03 Å². The number of aromatic hydroxyl groups is 1. The van der Waals surface area contributed by atoms with E-state index in [2.05, 4.69) is 22.5 Å². The van der Waals surface area contributed by atoms with Crippen molar-refractivity contribution in [2.45, 2.75) is 38.8 Å². The maximum atomic E-state index is 11.9. The van der Waals surface area contributed by atoms with Crippen LogP contribution in [0.4, 0.5) is 4.79 Å². The Morgan fingerprint density at radius 1 is 1.39 bits per heavy atom. The largest absolute Gasteiger partial charge is 0.504 e. The van der Waals surface area contributed by atoms with Gasteiger partial charge in [0.25, 0.3) is 0 Å². The van der Waals surface area contributed by atoms with Crippen LogP contribution >= 0.6 is 0 Å². The van der Waals surface area contributed by atoms with Gasteiger partial charge in [-0.3, -0.25) is 4.90 Å². The molecule has 1 fully saturated rings. The second kappa shape index (κ2) is 8.62. The molecule has 1 aliphatic heterocycles. The molecule has 1 atom stereocenters. The fraction of sp³-hybridized carbons (Fsp3) is 0.588. The van der Waals surface area contributed by atoms with E-state index < -0.39 is 0 Å². The summed E-state index contributed by atoms with van der Waals surface area (Å²) >= 11 is 0. The van der Waals surface area contributed by atoms with Crippen LogP contribution in [0, 0.1) is 0 Å². The van der Waals surface area contributed by atoms with E-state index >= 15 is 0 Å². The third-order valence-electron chi connectivity index (χ3n) is 4.37. The molecule has 3 N–H and O–H groups in total. The highest BCUT2D eigenvalue weighted by Crippen LogP contribution is 2.29. The van der Waals surface area contributed by atoms with Gasteiger partial charge in [-0.15, -0.1) is 0 Å². The van der Waals surface area contributed by atoms with Crippen LogP contribution in [0.5, 0.6) is 11.5 Å². The van der Waals surface area contributed by atoms with Crippen molar-refractivity contribution in [3.05, 3.63) is 23.8 Å². The van der Waals surface area contributed by atoms with Crippen molar-refractivity contribution in [2.75, 3.05) is 26.7 Å². The first-order valence-corrected chi connectivity index (χ1v) is 8.22. The average molecular weight is 321 g/mol. The molecule has 0 aliphatic carbocycles. The molecular weight excluding hydrogens is 294 g/mol. The topological polar surface area (TPSA) is 73.8 Å². The van der Waals surface area contributed by atoms with E-state index in [1.807, 2.05) is 0 Å². The summed E-state index contributed by atoms with van der Waals surface area (Å²) in [6.45, 7) is 5.11. The number of likely N-dealkylation sites (tertiary alicyclic amines) is 1. The Hall–Kier alpha value is -1.95. The molecule has 1 saturated heterocycles. The minimum atomic E-state index is -0.225. The van der Waals surface area contributed by atoms with E-state index in [4.69, 9.17) is 4.74 Å². The molecule has 0 bridgehead atoms. The van der Waals surface area contributed by atoms with E-state index in [0.29, 0.717) is 23.9 Å². The average Bonchev–Trinajstić information content (AvgIpc) is 2.55. The van der Waals surface area contributed by atoms with Gasteiger partial charge in [-0.1, -0.05) is 18.6 Å². The number of hydrogen-bond donors (Lipinski definition) is 3. The fourth-order valence-corrected chi connectivity index (χ4v) is 2.92. The number of ether oxygens (including phenoxy) is 1. The van der Waals surface area contributed by atoms with Crippen LogP contribution in [0.15, 0.2) is 18.2 Å². The van der Waals surface area contributed by atoms with Crippen LogP contribution < -0.4 is 15.4 Å². The number of phenolic OH excluding ortho intramolecular Hbond substituents is 1. The minimum absolute atomic E-state index is 0.0671. The van der Waals surface area contributed by atoms with Crippen molar-refractivity contribution in [2.24, 2.45) is 0 Å². The first-order chi connectivity index (χ1) is 11.1. The quantitative estimate of drug-likeness (QED) is 0.750. The van der Waals surface area contributed by atoms with Gasteiger partial charge in [-0.25, -0.2) is 4.79 Å². The van der Waals surface area contributed by atoms with Crippen LogP contribution in [-0.4, -0.2) is 48.8 Å². The van der Waals surface area contributed by atoms with E-state index in [0.717, 1.165) is 13.1 Å². The zero-order chi connectivity index (χ0) is 16.7. The molecule has 2 amide bonds. The van der Waals surface area contributed by atoms with E-state index in [9.17, 15) is 9.90 Å². The number of carbonyl (C=O) groups excluding carboxylic acids is 1. The van der Waals surface area contributed by atoms with Gasteiger partial charge in [0.05, 0.1) is 7.11 Å². The van der Waals surface area contributed by atoms with Crippen molar-refractivity contribution < 1.29 is 14.6 Å². The maximum Gasteiger partial charge on any atom is 0.315 e. The number of methoxy groups -OCH3 is 1. The molecular formula is C17H27N3O3. The van der Waals surface area contributed by atoms with Crippen molar-refractivity contribution in [1.29, 1.82) is 0 Å². The summed E-state index contributed by atoms with van der Waals surface area (Å²) in [6, 6.07) is 5.59. The maximum absolute atomic E-state index is 11.9. The lowest BCUT2D eigenvalue weighted by Gasteiger charge is -2.33. The first-order valence-electron chi connectivity index (χ1n) is 8.22. The third-order valence-corrected chi connectivity index (χ3v) is 4.37. The molecule has 6 nitrogen and oxygen atoms in total.